The molecule has 0 aliphatic carbocycles. The number of rotatable bonds is 3. The minimum atomic E-state index is -4.48. The zero-order valence-corrected chi connectivity index (χ0v) is 12.5. The van der Waals surface area contributed by atoms with Crippen LogP contribution in [0.1, 0.15) is 5.69 Å². The van der Waals surface area contributed by atoms with E-state index in [0.717, 1.165) is 5.69 Å². The number of ether oxygens (including phenoxy) is 1. The Bertz CT molecular complexity index is 731. The van der Waals surface area contributed by atoms with Gasteiger partial charge in [0.15, 0.2) is 6.61 Å². The molecule has 0 atom stereocenters. The number of hydrogen-bond donors (Lipinski definition) is 1. The van der Waals surface area contributed by atoms with Crippen LogP contribution in [0.25, 0.3) is 0 Å². The van der Waals surface area contributed by atoms with Crippen LogP contribution in [0.15, 0.2) is 30.6 Å². The first-order valence-electron chi connectivity index (χ1n) is 7.13. The molecule has 2 amide bonds. The molecule has 0 bridgehead atoms. The first kappa shape index (κ1) is 16.1. The van der Waals surface area contributed by atoms with Crippen molar-refractivity contribution >= 4 is 11.8 Å². The molecular formula is C14H14F3N5O2. The number of anilines is 1. The molecule has 7 nitrogen and oxygen atoms in total. The molecule has 0 spiro atoms. The lowest BCUT2D eigenvalue weighted by Crippen LogP contribution is -2.40. The number of alkyl halides is 3. The fraction of sp³-hybridized carbons (Fsp3) is 0.357. The Kier molecular flexibility index (Phi) is 4.28. The molecule has 1 aliphatic heterocycles. The topological polar surface area (TPSA) is 72.3 Å². The van der Waals surface area contributed by atoms with E-state index in [-0.39, 0.29) is 11.8 Å². The van der Waals surface area contributed by atoms with Crippen molar-refractivity contribution in [1.82, 2.24) is 19.4 Å². The second kappa shape index (κ2) is 6.38. The van der Waals surface area contributed by atoms with Gasteiger partial charge in [0.2, 0.25) is 0 Å². The number of carbonyl (C=O) groups is 1. The molecule has 1 N–H and O–H groups in total. The van der Waals surface area contributed by atoms with Crippen LogP contribution in [-0.2, 0) is 13.1 Å². The molecule has 0 aromatic carbocycles. The minimum absolute atomic E-state index is 0.0770. The van der Waals surface area contributed by atoms with Crippen molar-refractivity contribution in [3.63, 3.8) is 0 Å². The van der Waals surface area contributed by atoms with Gasteiger partial charge in [-0.15, -0.1) is 0 Å². The Labute approximate surface area is 135 Å². The lowest BCUT2D eigenvalue weighted by molar-refractivity contribution is -0.154. The summed E-state index contributed by atoms with van der Waals surface area (Å²) < 4.78 is 42.9. The predicted molar refractivity (Wildman–Crippen MR) is 77.4 cm³/mol. The van der Waals surface area contributed by atoms with Crippen LogP contribution in [0.2, 0.25) is 0 Å². The maximum absolute atomic E-state index is 12.3. The number of hydrogen-bond acceptors (Lipinski definition) is 4. The minimum Gasteiger partial charge on any atom is -0.454 e. The molecule has 1 aliphatic rings. The SMILES string of the molecule is O=C(Nc1ccnc(OCC(F)(F)F)n1)N1CCn2cccc2C1. The summed E-state index contributed by atoms with van der Waals surface area (Å²) in [5.74, 6) is 0.0770. The standard InChI is InChI=1S/C14H14F3N5O2/c15-14(16,17)9-24-12-18-4-3-11(19-12)20-13(23)22-7-6-21-5-1-2-10(21)8-22/h1-5H,6-9H2,(H,18,19,20,23). The first-order valence-corrected chi connectivity index (χ1v) is 7.13. The van der Waals surface area contributed by atoms with Crippen molar-refractivity contribution in [2.45, 2.75) is 19.3 Å². The Balaban J connectivity index is 1.60. The molecule has 0 saturated heterocycles. The van der Waals surface area contributed by atoms with Crippen molar-refractivity contribution in [2.75, 3.05) is 18.5 Å². The monoisotopic (exact) mass is 341 g/mol. The summed E-state index contributed by atoms with van der Waals surface area (Å²) in [7, 11) is 0. The fourth-order valence-electron chi connectivity index (χ4n) is 2.30. The van der Waals surface area contributed by atoms with Crippen LogP contribution in [-0.4, -0.2) is 44.8 Å². The van der Waals surface area contributed by atoms with Gasteiger partial charge in [0, 0.05) is 31.2 Å². The Hall–Kier alpha value is -2.78. The number of nitrogens with one attached hydrogen (secondary N) is 1. The van der Waals surface area contributed by atoms with E-state index in [0.29, 0.717) is 19.6 Å². The number of carbonyl (C=O) groups excluding carboxylic acids is 1. The molecule has 10 heteroatoms. The van der Waals surface area contributed by atoms with E-state index >= 15 is 0 Å². The smallest absolute Gasteiger partial charge is 0.422 e. The van der Waals surface area contributed by atoms with Gasteiger partial charge < -0.3 is 14.2 Å². The summed E-state index contributed by atoms with van der Waals surface area (Å²) in [5.41, 5.74) is 1.01. The molecule has 2 aromatic heterocycles. The number of fused-ring (bicyclic) bond motifs is 1. The van der Waals surface area contributed by atoms with Crippen LogP contribution >= 0.6 is 0 Å². The molecule has 3 heterocycles. The Morgan fingerprint density at radius 2 is 2.17 bits per heavy atom. The van der Waals surface area contributed by atoms with E-state index < -0.39 is 18.8 Å². The molecule has 0 fully saturated rings. The molecule has 3 rings (SSSR count). The normalized spacial score (nSPS) is 14.2. The van der Waals surface area contributed by atoms with Crippen molar-refractivity contribution < 1.29 is 22.7 Å². The van der Waals surface area contributed by atoms with Crippen LogP contribution in [0, 0.1) is 0 Å². The zero-order valence-electron chi connectivity index (χ0n) is 12.5. The molecule has 0 unspecified atom stereocenters. The molecular weight excluding hydrogens is 327 g/mol. The highest BCUT2D eigenvalue weighted by Gasteiger charge is 2.29. The van der Waals surface area contributed by atoms with Gasteiger partial charge in [0.05, 0.1) is 6.54 Å². The van der Waals surface area contributed by atoms with Crippen molar-refractivity contribution in [3.05, 3.63) is 36.3 Å². The van der Waals surface area contributed by atoms with Gasteiger partial charge in [0.25, 0.3) is 0 Å². The summed E-state index contributed by atoms with van der Waals surface area (Å²) in [6.45, 7) is 0.157. The Morgan fingerprint density at radius 3 is 2.96 bits per heavy atom. The van der Waals surface area contributed by atoms with Crippen molar-refractivity contribution in [2.24, 2.45) is 0 Å². The van der Waals surface area contributed by atoms with Gasteiger partial charge >= 0.3 is 18.2 Å². The molecule has 24 heavy (non-hydrogen) atoms. The van der Waals surface area contributed by atoms with E-state index in [9.17, 15) is 18.0 Å². The number of amides is 2. The van der Waals surface area contributed by atoms with Gasteiger partial charge in [-0.1, -0.05) is 0 Å². The van der Waals surface area contributed by atoms with E-state index in [1.54, 1.807) is 4.90 Å². The van der Waals surface area contributed by atoms with Gasteiger partial charge in [0.1, 0.15) is 5.82 Å². The second-order valence-corrected chi connectivity index (χ2v) is 5.17. The summed E-state index contributed by atoms with van der Waals surface area (Å²) >= 11 is 0. The van der Waals surface area contributed by atoms with Gasteiger partial charge in [-0.05, 0) is 18.2 Å². The zero-order chi connectivity index (χ0) is 17.2. The van der Waals surface area contributed by atoms with E-state index in [2.05, 4.69) is 24.6 Å². The van der Waals surface area contributed by atoms with Crippen LogP contribution in [0.3, 0.4) is 0 Å². The number of halogens is 3. The molecule has 128 valence electrons. The maximum Gasteiger partial charge on any atom is 0.422 e. The average Bonchev–Trinajstić information content (AvgIpc) is 3.00. The maximum atomic E-state index is 12.3. The number of nitrogens with zero attached hydrogens (tertiary/aromatic N) is 4. The number of aromatic nitrogens is 3. The summed E-state index contributed by atoms with van der Waals surface area (Å²) in [4.78, 5) is 21.2. The van der Waals surface area contributed by atoms with Crippen molar-refractivity contribution in [3.8, 4) is 6.01 Å². The highest BCUT2D eigenvalue weighted by atomic mass is 19.4. The lowest BCUT2D eigenvalue weighted by atomic mass is 10.3. The first-order chi connectivity index (χ1) is 11.4. The quantitative estimate of drug-likeness (QED) is 0.930. The fourth-order valence-corrected chi connectivity index (χ4v) is 2.30. The van der Waals surface area contributed by atoms with E-state index in [4.69, 9.17) is 0 Å². The summed E-state index contributed by atoms with van der Waals surface area (Å²) in [5, 5.41) is 2.54. The van der Waals surface area contributed by atoms with Crippen LogP contribution in [0.5, 0.6) is 6.01 Å². The number of urea groups is 1. The van der Waals surface area contributed by atoms with Crippen LogP contribution < -0.4 is 10.1 Å². The van der Waals surface area contributed by atoms with E-state index in [1.807, 2.05) is 18.3 Å². The molecule has 0 radical (unpaired) electrons. The predicted octanol–water partition coefficient (Wildman–Crippen LogP) is 2.27. The average molecular weight is 341 g/mol. The highest BCUT2D eigenvalue weighted by molar-refractivity contribution is 5.88. The highest BCUT2D eigenvalue weighted by Crippen LogP contribution is 2.17. The van der Waals surface area contributed by atoms with Gasteiger partial charge in [-0.2, -0.15) is 18.2 Å². The third-order valence-corrected chi connectivity index (χ3v) is 3.41. The lowest BCUT2D eigenvalue weighted by Gasteiger charge is -2.28. The second-order valence-electron chi connectivity index (χ2n) is 5.17. The molecule has 0 saturated carbocycles. The van der Waals surface area contributed by atoms with Crippen LogP contribution in [0.4, 0.5) is 23.8 Å². The third kappa shape index (κ3) is 3.94. The third-order valence-electron chi connectivity index (χ3n) is 3.41. The Morgan fingerprint density at radius 1 is 1.33 bits per heavy atom. The molecule has 2 aromatic rings. The van der Waals surface area contributed by atoms with Crippen molar-refractivity contribution in [1.29, 1.82) is 0 Å². The summed E-state index contributed by atoms with van der Waals surface area (Å²) in [6.07, 6.45) is -1.32. The largest absolute Gasteiger partial charge is 0.454 e. The van der Waals surface area contributed by atoms with Gasteiger partial charge in [-0.3, -0.25) is 5.32 Å². The van der Waals surface area contributed by atoms with E-state index in [1.165, 1.54) is 12.3 Å². The van der Waals surface area contributed by atoms with Gasteiger partial charge in [-0.25, -0.2) is 9.78 Å². The summed E-state index contributed by atoms with van der Waals surface area (Å²) in [6, 6.07) is 4.38.